The predicted molar refractivity (Wildman–Crippen MR) is 74.5 cm³/mol. The highest BCUT2D eigenvalue weighted by Gasteiger charge is 2.04. The van der Waals surface area contributed by atoms with E-state index in [1.165, 1.54) is 0 Å². The largest absolute Gasteiger partial charge is 0.370 e. The minimum Gasteiger partial charge on any atom is -0.370 e. The van der Waals surface area contributed by atoms with Gasteiger partial charge >= 0.3 is 0 Å². The van der Waals surface area contributed by atoms with Crippen molar-refractivity contribution in [1.29, 1.82) is 0 Å². The fraction of sp³-hybridized carbons (Fsp3) is 0.333. The van der Waals surface area contributed by atoms with Crippen LogP contribution in [0, 0.1) is 3.57 Å². The van der Waals surface area contributed by atoms with E-state index in [0.29, 0.717) is 24.9 Å². The topological polar surface area (TPSA) is 72.2 Å². The lowest BCUT2D eigenvalue weighted by Gasteiger charge is -2.04. The van der Waals surface area contributed by atoms with Gasteiger partial charge in [0.25, 0.3) is 5.91 Å². The molecule has 0 unspecified atom stereocenters. The number of primary amides is 1. The zero-order valence-corrected chi connectivity index (χ0v) is 11.6. The molecule has 4 nitrogen and oxygen atoms in total. The third-order valence-electron chi connectivity index (χ3n) is 2.22. The first kappa shape index (κ1) is 14.0. The van der Waals surface area contributed by atoms with Crippen molar-refractivity contribution in [1.82, 2.24) is 5.32 Å². The summed E-state index contributed by atoms with van der Waals surface area (Å²) in [6, 6.07) is 7.40. The zero-order valence-electron chi connectivity index (χ0n) is 9.41. The number of nitrogens with one attached hydrogen (secondary N) is 1. The molecular weight excluding hydrogens is 331 g/mol. The third kappa shape index (κ3) is 5.67. The Balaban J connectivity index is 2.28. The lowest BCUT2D eigenvalue weighted by atomic mass is 10.2. The summed E-state index contributed by atoms with van der Waals surface area (Å²) in [5.74, 6) is -0.378. The molecule has 1 aromatic rings. The first-order chi connectivity index (χ1) is 8.09. The smallest absolute Gasteiger partial charge is 0.251 e. The molecule has 0 aliphatic rings. The number of carbonyl (C=O) groups excluding carboxylic acids is 2. The second-order valence-corrected chi connectivity index (χ2v) is 4.94. The quantitative estimate of drug-likeness (QED) is 0.608. The van der Waals surface area contributed by atoms with Crippen molar-refractivity contribution in [2.45, 2.75) is 19.3 Å². The summed E-state index contributed by atoms with van der Waals surface area (Å²) in [5.41, 5.74) is 5.67. The van der Waals surface area contributed by atoms with Crippen LogP contribution in [0.15, 0.2) is 24.3 Å². The molecule has 0 heterocycles. The van der Waals surface area contributed by atoms with Crippen molar-refractivity contribution in [3.05, 3.63) is 33.4 Å². The van der Waals surface area contributed by atoms with Gasteiger partial charge in [-0.1, -0.05) is 6.07 Å². The molecule has 1 rings (SSSR count). The van der Waals surface area contributed by atoms with E-state index in [1.54, 1.807) is 6.07 Å². The molecule has 0 radical (unpaired) electrons. The van der Waals surface area contributed by atoms with Crippen LogP contribution in [0.5, 0.6) is 0 Å². The molecule has 0 fully saturated rings. The van der Waals surface area contributed by atoms with E-state index in [9.17, 15) is 9.59 Å². The van der Waals surface area contributed by atoms with E-state index in [2.05, 4.69) is 27.9 Å². The van der Waals surface area contributed by atoms with Crippen LogP contribution in [-0.4, -0.2) is 18.4 Å². The molecule has 92 valence electrons. The molecule has 2 amide bonds. The number of carbonyl (C=O) groups is 2. The molecule has 0 spiro atoms. The highest BCUT2D eigenvalue weighted by Crippen LogP contribution is 2.07. The van der Waals surface area contributed by atoms with Crippen LogP contribution in [0.4, 0.5) is 0 Å². The Morgan fingerprint density at radius 3 is 2.71 bits per heavy atom. The summed E-state index contributed by atoms with van der Waals surface area (Å²) in [5, 5.41) is 2.81. The van der Waals surface area contributed by atoms with Crippen molar-refractivity contribution in [2.75, 3.05) is 6.54 Å². The maximum atomic E-state index is 11.7. The van der Waals surface area contributed by atoms with Crippen molar-refractivity contribution in [2.24, 2.45) is 5.73 Å². The van der Waals surface area contributed by atoms with Gasteiger partial charge in [-0.2, -0.15) is 0 Å². The third-order valence-corrected chi connectivity index (χ3v) is 2.89. The van der Waals surface area contributed by atoms with Crippen molar-refractivity contribution in [3.63, 3.8) is 0 Å². The number of halogens is 1. The van der Waals surface area contributed by atoms with Crippen LogP contribution in [0.25, 0.3) is 0 Å². The Labute approximate surface area is 114 Å². The van der Waals surface area contributed by atoms with Crippen LogP contribution < -0.4 is 11.1 Å². The van der Waals surface area contributed by atoms with E-state index in [0.717, 1.165) is 9.99 Å². The first-order valence-electron chi connectivity index (χ1n) is 5.41. The summed E-state index contributed by atoms with van der Waals surface area (Å²) in [6.45, 7) is 0.567. The lowest BCUT2D eigenvalue weighted by Crippen LogP contribution is -2.24. The molecule has 0 bridgehead atoms. The van der Waals surface area contributed by atoms with Crippen LogP contribution in [0.2, 0.25) is 0 Å². The highest BCUT2D eigenvalue weighted by molar-refractivity contribution is 14.1. The van der Waals surface area contributed by atoms with Gasteiger partial charge in [-0.25, -0.2) is 0 Å². The average Bonchev–Trinajstić information content (AvgIpc) is 2.28. The van der Waals surface area contributed by atoms with Crippen LogP contribution in [0.3, 0.4) is 0 Å². The molecule has 0 aliphatic heterocycles. The highest BCUT2D eigenvalue weighted by atomic mass is 127. The fourth-order valence-corrected chi connectivity index (χ4v) is 1.90. The maximum Gasteiger partial charge on any atom is 0.251 e. The van der Waals surface area contributed by atoms with Gasteiger partial charge in [0, 0.05) is 22.1 Å². The molecule has 5 heteroatoms. The van der Waals surface area contributed by atoms with Gasteiger partial charge in [-0.15, -0.1) is 0 Å². The standard InChI is InChI=1S/C12H15IN2O2/c13-10-5-3-4-9(8-10)12(17)15-7-2-1-6-11(14)16/h3-5,8H,1-2,6-7H2,(H2,14,16)(H,15,17). The number of hydrogen-bond donors (Lipinski definition) is 2. The molecule has 3 N–H and O–H groups in total. The molecule has 17 heavy (non-hydrogen) atoms. The summed E-state index contributed by atoms with van der Waals surface area (Å²) in [4.78, 5) is 22.2. The van der Waals surface area contributed by atoms with Gasteiger partial charge in [0.2, 0.25) is 5.91 Å². The monoisotopic (exact) mass is 346 g/mol. The van der Waals surface area contributed by atoms with E-state index in [4.69, 9.17) is 5.73 Å². The second-order valence-electron chi connectivity index (χ2n) is 3.69. The number of unbranched alkanes of at least 4 members (excludes halogenated alkanes) is 1. The second kappa shape index (κ2) is 7.26. The zero-order chi connectivity index (χ0) is 12.7. The Morgan fingerprint density at radius 2 is 2.06 bits per heavy atom. The van der Waals surface area contributed by atoms with Crippen molar-refractivity contribution in [3.8, 4) is 0 Å². The van der Waals surface area contributed by atoms with Crippen LogP contribution >= 0.6 is 22.6 Å². The molecule has 1 aromatic carbocycles. The fourth-order valence-electron chi connectivity index (χ4n) is 1.36. The minimum absolute atomic E-state index is 0.0809. The number of benzene rings is 1. The van der Waals surface area contributed by atoms with Crippen molar-refractivity contribution >= 4 is 34.4 Å². The van der Waals surface area contributed by atoms with Gasteiger partial charge in [0.1, 0.15) is 0 Å². The van der Waals surface area contributed by atoms with E-state index in [-0.39, 0.29) is 11.8 Å². The first-order valence-corrected chi connectivity index (χ1v) is 6.49. The maximum absolute atomic E-state index is 11.7. The summed E-state index contributed by atoms with van der Waals surface area (Å²) in [6.07, 6.45) is 1.85. The van der Waals surface area contributed by atoms with Crippen LogP contribution in [-0.2, 0) is 4.79 Å². The van der Waals surface area contributed by atoms with Gasteiger partial charge in [-0.3, -0.25) is 9.59 Å². The molecule has 0 aromatic heterocycles. The number of hydrogen-bond acceptors (Lipinski definition) is 2. The van der Waals surface area contributed by atoms with E-state index in [1.807, 2.05) is 18.2 Å². The predicted octanol–water partition coefficient (Wildman–Crippen LogP) is 1.68. The molecule has 0 atom stereocenters. The van der Waals surface area contributed by atoms with E-state index >= 15 is 0 Å². The average molecular weight is 346 g/mol. The molecular formula is C12H15IN2O2. The van der Waals surface area contributed by atoms with E-state index < -0.39 is 0 Å². The summed E-state index contributed by atoms with van der Waals surface area (Å²) in [7, 11) is 0. The van der Waals surface area contributed by atoms with Crippen LogP contribution in [0.1, 0.15) is 29.6 Å². The summed E-state index contributed by atoms with van der Waals surface area (Å²) >= 11 is 2.17. The molecule has 0 aliphatic carbocycles. The lowest BCUT2D eigenvalue weighted by molar-refractivity contribution is -0.118. The normalized spacial score (nSPS) is 9.94. The molecule has 0 saturated carbocycles. The minimum atomic E-state index is -0.297. The van der Waals surface area contributed by atoms with Gasteiger partial charge in [0.15, 0.2) is 0 Å². The Kier molecular flexibility index (Phi) is 5.96. The number of amides is 2. The Bertz CT molecular complexity index is 407. The Hall–Kier alpha value is -1.11. The number of nitrogens with two attached hydrogens (primary N) is 1. The van der Waals surface area contributed by atoms with Gasteiger partial charge in [0.05, 0.1) is 0 Å². The summed E-state index contributed by atoms with van der Waals surface area (Å²) < 4.78 is 1.03. The molecule has 0 saturated heterocycles. The van der Waals surface area contributed by atoms with Crippen molar-refractivity contribution < 1.29 is 9.59 Å². The van der Waals surface area contributed by atoms with Gasteiger partial charge in [-0.05, 0) is 53.6 Å². The van der Waals surface area contributed by atoms with Gasteiger partial charge < -0.3 is 11.1 Å². The Morgan fingerprint density at radius 1 is 1.29 bits per heavy atom. The number of rotatable bonds is 6. The SMILES string of the molecule is NC(=O)CCCCNC(=O)c1cccc(I)c1.